The molecule has 0 unspecified atom stereocenters. The molecule has 1 aromatic heterocycles. The van der Waals surface area contributed by atoms with Crippen molar-refractivity contribution in [3.05, 3.63) is 34.2 Å². The van der Waals surface area contributed by atoms with E-state index in [1.54, 1.807) is 0 Å². The molecule has 1 heterocycles. The number of aromatic nitrogens is 1. The number of carboxylic acid groups (broad SMARTS) is 1. The highest BCUT2D eigenvalue weighted by Crippen LogP contribution is 2.38. The number of methoxy groups -OCH3 is 1. The van der Waals surface area contributed by atoms with Crippen LogP contribution in [0.4, 0.5) is 4.39 Å². The predicted octanol–water partition coefficient (Wildman–Crippen LogP) is 2.95. The number of nitrogens with zero attached hydrogens (tertiary/aromatic N) is 1. The molecule has 0 amide bonds. The maximum atomic E-state index is 13.6. The summed E-state index contributed by atoms with van der Waals surface area (Å²) >= 11 is 3.22. The number of aromatic carboxylic acids is 1. The number of benzene rings is 1. The van der Waals surface area contributed by atoms with Gasteiger partial charge in [0.1, 0.15) is 0 Å². The average molecular weight is 316 g/mol. The van der Waals surface area contributed by atoms with Gasteiger partial charge in [0, 0.05) is 10.5 Å². The van der Waals surface area contributed by atoms with Gasteiger partial charge in [0.2, 0.25) is 0 Å². The predicted molar refractivity (Wildman–Crippen MR) is 63.1 cm³/mol. The minimum Gasteiger partial charge on any atom is -0.493 e. The summed E-state index contributed by atoms with van der Waals surface area (Å²) in [5, 5.41) is 12.1. The van der Waals surface area contributed by atoms with Crippen LogP contribution in [-0.4, -0.2) is 23.3 Å². The van der Waals surface area contributed by atoms with Crippen LogP contribution in [0.5, 0.6) is 5.75 Å². The van der Waals surface area contributed by atoms with E-state index in [9.17, 15) is 9.18 Å². The molecule has 0 atom stereocenters. The van der Waals surface area contributed by atoms with E-state index in [1.807, 2.05) is 0 Å². The fraction of sp³-hybridized carbons (Fsp3) is 0.0909. The maximum Gasteiger partial charge on any atom is 0.358 e. The van der Waals surface area contributed by atoms with E-state index in [-0.39, 0.29) is 22.8 Å². The van der Waals surface area contributed by atoms with Crippen molar-refractivity contribution in [2.75, 3.05) is 7.11 Å². The quantitative estimate of drug-likeness (QED) is 0.942. The third-order valence-electron chi connectivity index (χ3n) is 2.24. The molecular weight excluding hydrogens is 309 g/mol. The van der Waals surface area contributed by atoms with E-state index in [2.05, 4.69) is 21.1 Å². The molecule has 0 saturated carbocycles. The number of rotatable bonds is 3. The summed E-state index contributed by atoms with van der Waals surface area (Å²) in [6.07, 6.45) is 0. The molecule has 2 aromatic rings. The van der Waals surface area contributed by atoms with Gasteiger partial charge in [-0.1, -0.05) is 5.16 Å². The molecule has 0 aliphatic rings. The van der Waals surface area contributed by atoms with Crippen LogP contribution in [0.25, 0.3) is 11.3 Å². The van der Waals surface area contributed by atoms with Gasteiger partial charge >= 0.3 is 5.97 Å². The van der Waals surface area contributed by atoms with Crippen molar-refractivity contribution in [2.24, 2.45) is 0 Å². The zero-order chi connectivity index (χ0) is 13.3. The Morgan fingerprint density at radius 2 is 2.28 bits per heavy atom. The van der Waals surface area contributed by atoms with Crippen LogP contribution in [0.1, 0.15) is 10.5 Å². The highest BCUT2D eigenvalue weighted by molar-refractivity contribution is 9.10. The first-order valence-corrected chi connectivity index (χ1v) is 5.56. The minimum absolute atomic E-state index is 0.0440. The third kappa shape index (κ3) is 2.08. The molecule has 1 aromatic carbocycles. The van der Waals surface area contributed by atoms with Crippen molar-refractivity contribution in [3.63, 3.8) is 0 Å². The Bertz CT molecular complexity index is 611. The smallest absolute Gasteiger partial charge is 0.358 e. The second-order valence-corrected chi connectivity index (χ2v) is 4.17. The van der Waals surface area contributed by atoms with Crippen LogP contribution in [0.15, 0.2) is 27.2 Å². The first kappa shape index (κ1) is 12.6. The second kappa shape index (κ2) is 4.77. The molecule has 18 heavy (non-hydrogen) atoms. The van der Waals surface area contributed by atoms with Gasteiger partial charge in [-0.25, -0.2) is 9.18 Å². The third-order valence-corrected chi connectivity index (χ3v) is 2.90. The van der Waals surface area contributed by atoms with Gasteiger partial charge in [0.05, 0.1) is 12.7 Å². The fourth-order valence-corrected chi connectivity index (χ4v) is 1.96. The van der Waals surface area contributed by atoms with Crippen molar-refractivity contribution in [1.29, 1.82) is 0 Å². The Morgan fingerprint density at radius 3 is 2.83 bits per heavy atom. The lowest BCUT2D eigenvalue weighted by molar-refractivity contribution is 0.0686. The fourth-order valence-electron chi connectivity index (χ4n) is 1.46. The molecule has 5 nitrogen and oxygen atoms in total. The first-order valence-electron chi connectivity index (χ1n) is 4.77. The van der Waals surface area contributed by atoms with E-state index < -0.39 is 11.8 Å². The van der Waals surface area contributed by atoms with Gasteiger partial charge < -0.3 is 14.4 Å². The largest absolute Gasteiger partial charge is 0.493 e. The summed E-state index contributed by atoms with van der Waals surface area (Å²) in [7, 11) is 1.31. The lowest BCUT2D eigenvalue weighted by Crippen LogP contribution is -1.95. The highest BCUT2D eigenvalue weighted by atomic mass is 79.9. The van der Waals surface area contributed by atoms with Gasteiger partial charge in [-0.2, -0.15) is 0 Å². The van der Waals surface area contributed by atoms with E-state index >= 15 is 0 Å². The van der Waals surface area contributed by atoms with Crippen LogP contribution in [0, 0.1) is 5.82 Å². The Labute approximate surface area is 109 Å². The van der Waals surface area contributed by atoms with Gasteiger partial charge in [0.25, 0.3) is 0 Å². The molecule has 1 N–H and O–H groups in total. The van der Waals surface area contributed by atoms with E-state index in [0.29, 0.717) is 4.47 Å². The van der Waals surface area contributed by atoms with E-state index in [0.717, 1.165) is 0 Å². The van der Waals surface area contributed by atoms with Crippen LogP contribution in [-0.2, 0) is 0 Å². The molecule has 0 aliphatic heterocycles. The van der Waals surface area contributed by atoms with Gasteiger partial charge in [-0.15, -0.1) is 0 Å². The number of halogens is 2. The summed E-state index contributed by atoms with van der Waals surface area (Å²) in [6.45, 7) is 0. The van der Waals surface area contributed by atoms with E-state index in [1.165, 1.54) is 25.3 Å². The number of carbonyl (C=O) groups is 1. The van der Waals surface area contributed by atoms with Crippen molar-refractivity contribution in [1.82, 2.24) is 5.16 Å². The summed E-state index contributed by atoms with van der Waals surface area (Å²) in [5.74, 6) is -1.74. The zero-order valence-electron chi connectivity index (χ0n) is 9.11. The second-order valence-electron chi connectivity index (χ2n) is 3.32. The van der Waals surface area contributed by atoms with Crippen LogP contribution in [0.2, 0.25) is 0 Å². The van der Waals surface area contributed by atoms with E-state index in [4.69, 9.17) is 14.4 Å². The molecule has 0 saturated heterocycles. The minimum atomic E-state index is -1.23. The molecule has 0 radical (unpaired) electrons. The molecule has 7 heteroatoms. The summed E-state index contributed by atoms with van der Waals surface area (Å²) in [6, 6.07) is 3.89. The van der Waals surface area contributed by atoms with Crippen molar-refractivity contribution >= 4 is 21.9 Å². The Balaban J connectivity index is 2.62. The van der Waals surface area contributed by atoms with Crippen molar-refractivity contribution in [3.8, 4) is 17.1 Å². The van der Waals surface area contributed by atoms with Crippen molar-refractivity contribution in [2.45, 2.75) is 0 Å². The summed E-state index contributed by atoms with van der Waals surface area (Å²) in [4.78, 5) is 10.7. The molecule has 2 rings (SSSR count). The van der Waals surface area contributed by atoms with Crippen LogP contribution in [0.3, 0.4) is 0 Å². The molecule has 0 spiro atoms. The molecule has 94 valence electrons. The lowest BCUT2D eigenvalue weighted by atomic mass is 10.1. The number of ether oxygens (including phenoxy) is 1. The molecule has 0 bridgehead atoms. The zero-order valence-corrected chi connectivity index (χ0v) is 10.7. The monoisotopic (exact) mass is 315 g/mol. The Hall–Kier alpha value is -1.89. The maximum absolute atomic E-state index is 13.6. The molecular formula is C11H7BrFNO4. The topological polar surface area (TPSA) is 72.6 Å². The molecule has 0 fully saturated rings. The Kier molecular flexibility index (Phi) is 3.33. The molecule has 0 aliphatic carbocycles. The van der Waals surface area contributed by atoms with Gasteiger partial charge in [-0.05, 0) is 28.1 Å². The number of carboxylic acids is 1. The normalized spacial score (nSPS) is 10.4. The van der Waals surface area contributed by atoms with Gasteiger partial charge in [0.15, 0.2) is 23.0 Å². The summed E-state index contributed by atoms with van der Waals surface area (Å²) in [5.41, 5.74) is 0.0146. The average Bonchev–Trinajstić information content (AvgIpc) is 2.81. The van der Waals surface area contributed by atoms with Gasteiger partial charge in [-0.3, -0.25) is 0 Å². The van der Waals surface area contributed by atoms with Crippen LogP contribution < -0.4 is 4.74 Å². The first-order chi connectivity index (χ1) is 8.54. The number of hydrogen-bond acceptors (Lipinski definition) is 4. The SMILES string of the molecule is COc1c(F)ccc(Br)c1-c1cc(C(=O)O)no1. The highest BCUT2D eigenvalue weighted by Gasteiger charge is 2.20. The standard InChI is InChI=1S/C11H7BrFNO4/c1-17-10-6(13)3-2-5(12)9(10)8-4-7(11(15)16)14-18-8/h2-4H,1H3,(H,15,16). The number of hydrogen-bond donors (Lipinski definition) is 1. The van der Waals surface area contributed by atoms with Crippen molar-refractivity contribution < 1.29 is 23.6 Å². The summed E-state index contributed by atoms with van der Waals surface area (Å²) < 4.78 is 23.9. The lowest BCUT2D eigenvalue weighted by Gasteiger charge is -2.08. The van der Waals surface area contributed by atoms with Crippen LogP contribution >= 0.6 is 15.9 Å². The Morgan fingerprint density at radius 1 is 1.56 bits per heavy atom.